The Hall–Kier alpha value is -1.84. The molecule has 0 saturated heterocycles. The highest BCUT2D eigenvalue weighted by Crippen LogP contribution is 2.23. The third-order valence-corrected chi connectivity index (χ3v) is 4.17. The fourth-order valence-electron chi connectivity index (χ4n) is 2.96. The molecular formula is C17H24N2O2. The number of hydrogen-bond donors (Lipinski definition) is 1. The van der Waals surface area contributed by atoms with Crippen molar-refractivity contribution in [3.8, 4) is 0 Å². The van der Waals surface area contributed by atoms with Crippen molar-refractivity contribution in [3.63, 3.8) is 0 Å². The van der Waals surface area contributed by atoms with Gasteiger partial charge in [-0.05, 0) is 31.4 Å². The van der Waals surface area contributed by atoms with Gasteiger partial charge in [0.15, 0.2) is 0 Å². The Morgan fingerprint density at radius 3 is 2.52 bits per heavy atom. The van der Waals surface area contributed by atoms with Crippen molar-refractivity contribution in [2.45, 2.75) is 52.0 Å². The van der Waals surface area contributed by atoms with E-state index in [0.717, 1.165) is 24.1 Å². The molecule has 4 heteroatoms. The molecule has 1 saturated carbocycles. The molecule has 0 atom stereocenters. The van der Waals surface area contributed by atoms with Crippen LogP contribution in [-0.2, 0) is 9.59 Å². The Kier molecular flexibility index (Phi) is 5.37. The third kappa shape index (κ3) is 4.31. The lowest BCUT2D eigenvalue weighted by molar-refractivity contribution is -0.131. The van der Waals surface area contributed by atoms with Crippen molar-refractivity contribution < 1.29 is 9.59 Å². The van der Waals surface area contributed by atoms with Gasteiger partial charge in [0.2, 0.25) is 11.8 Å². The van der Waals surface area contributed by atoms with E-state index >= 15 is 0 Å². The number of nitrogens with one attached hydrogen (secondary N) is 1. The first kappa shape index (κ1) is 15.5. The number of anilines is 1. The minimum atomic E-state index is -0.0338. The molecule has 21 heavy (non-hydrogen) atoms. The molecule has 1 aliphatic rings. The van der Waals surface area contributed by atoms with E-state index in [9.17, 15) is 9.59 Å². The number of benzene rings is 1. The van der Waals surface area contributed by atoms with Crippen LogP contribution in [-0.4, -0.2) is 29.3 Å². The standard InChI is InChI=1S/C17H24N2O2/c1-13-7-3-6-10-16(13)18-17(21)11-12-19(14(2)20)15-8-4-5-9-15/h3,6-7,10,15H,4-5,8-9,11-12H2,1-2H3,(H,18,21). The summed E-state index contributed by atoms with van der Waals surface area (Å²) in [6, 6.07) is 8.04. The lowest BCUT2D eigenvalue weighted by Gasteiger charge is -2.27. The SMILES string of the molecule is CC(=O)N(CCC(=O)Nc1ccccc1C)C1CCCC1. The van der Waals surface area contributed by atoms with E-state index in [1.165, 1.54) is 12.8 Å². The second kappa shape index (κ2) is 7.25. The van der Waals surface area contributed by atoms with Gasteiger partial charge in [-0.3, -0.25) is 9.59 Å². The number of para-hydroxylation sites is 1. The lowest BCUT2D eigenvalue weighted by Crippen LogP contribution is -2.39. The normalized spacial score (nSPS) is 15.0. The van der Waals surface area contributed by atoms with Crippen LogP contribution >= 0.6 is 0 Å². The van der Waals surface area contributed by atoms with E-state index in [2.05, 4.69) is 5.32 Å². The van der Waals surface area contributed by atoms with Gasteiger partial charge < -0.3 is 10.2 Å². The van der Waals surface area contributed by atoms with Crippen LogP contribution in [0.1, 0.15) is 44.6 Å². The number of carbonyl (C=O) groups is 2. The van der Waals surface area contributed by atoms with Gasteiger partial charge in [-0.1, -0.05) is 31.0 Å². The van der Waals surface area contributed by atoms with E-state index in [-0.39, 0.29) is 11.8 Å². The summed E-state index contributed by atoms with van der Waals surface area (Å²) in [6.45, 7) is 4.07. The van der Waals surface area contributed by atoms with Crippen LogP contribution in [0.4, 0.5) is 5.69 Å². The first-order chi connectivity index (χ1) is 10.1. The van der Waals surface area contributed by atoms with Crippen LogP contribution in [0.2, 0.25) is 0 Å². The summed E-state index contributed by atoms with van der Waals surface area (Å²) < 4.78 is 0. The van der Waals surface area contributed by atoms with Gasteiger partial charge in [-0.15, -0.1) is 0 Å². The molecule has 0 aromatic heterocycles. The summed E-state index contributed by atoms with van der Waals surface area (Å²) in [5.74, 6) is 0.0409. The monoisotopic (exact) mass is 288 g/mol. The van der Waals surface area contributed by atoms with Crippen molar-refractivity contribution in [3.05, 3.63) is 29.8 Å². The Labute approximate surface area is 126 Å². The maximum Gasteiger partial charge on any atom is 0.226 e. The predicted octanol–water partition coefficient (Wildman–Crippen LogP) is 3.11. The van der Waals surface area contributed by atoms with Crippen molar-refractivity contribution in [2.75, 3.05) is 11.9 Å². The van der Waals surface area contributed by atoms with E-state index in [0.29, 0.717) is 19.0 Å². The lowest BCUT2D eigenvalue weighted by atomic mass is 10.2. The molecule has 114 valence electrons. The number of amides is 2. The number of rotatable bonds is 5. The van der Waals surface area contributed by atoms with Crippen molar-refractivity contribution in [1.29, 1.82) is 0 Å². The van der Waals surface area contributed by atoms with Crippen LogP contribution in [0, 0.1) is 6.92 Å². The van der Waals surface area contributed by atoms with Gasteiger partial charge >= 0.3 is 0 Å². The summed E-state index contributed by atoms with van der Waals surface area (Å²) in [6.07, 6.45) is 4.86. The van der Waals surface area contributed by atoms with Gasteiger partial charge in [-0.2, -0.15) is 0 Å². The van der Waals surface area contributed by atoms with Gasteiger partial charge in [0.05, 0.1) is 0 Å². The maximum absolute atomic E-state index is 12.1. The molecule has 1 aliphatic carbocycles. The highest BCUT2D eigenvalue weighted by atomic mass is 16.2. The highest BCUT2D eigenvalue weighted by molar-refractivity contribution is 5.91. The summed E-state index contributed by atoms with van der Waals surface area (Å²) in [5, 5.41) is 2.92. The molecule has 2 rings (SSSR count). The molecule has 0 spiro atoms. The van der Waals surface area contributed by atoms with Crippen molar-refractivity contribution >= 4 is 17.5 Å². The van der Waals surface area contributed by atoms with Gasteiger partial charge in [0.1, 0.15) is 0 Å². The fraction of sp³-hybridized carbons (Fsp3) is 0.529. The molecule has 1 aromatic rings. The minimum Gasteiger partial charge on any atom is -0.339 e. The Balaban J connectivity index is 1.87. The quantitative estimate of drug-likeness (QED) is 0.905. The van der Waals surface area contributed by atoms with Crippen LogP contribution in [0.3, 0.4) is 0 Å². The second-order valence-corrected chi connectivity index (χ2v) is 5.76. The van der Waals surface area contributed by atoms with Gasteiger partial charge in [-0.25, -0.2) is 0 Å². The van der Waals surface area contributed by atoms with Crippen molar-refractivity contribution in [1.82, 2.24) is 4.90 Å². The number of aryl methyl sites for hydroxylation is 1. The Bertz CT molecular complexity index is 507. The van der Waals surface area contributed by atoms with Crippen LogP contribution in [0.25, 0.3) is 0 Å². The molecule has 1 aromatic carbocycles. The first-order valence-electron chi connectivity index (χ1n) is 7.70. The van der Waals surface area contributed by atoms with Gasteiger partial charge in [0.25, 0.3) is 0 Å². The van der Waals surface area contributed by atoms with Crippen LogP contribution in [0.5, 0.6) is 0 Å². The largest absolute Gasteiger partial charge is 0.339 e. The zero-order chi connectivity index (χ0) is 15.2. The third-order valence-electron chi connectivity index (χ3n) is 4.17. The molecule has 0 aliphatic heterocycles. The molecule has 4 nitrogen and oxygen atoms in total. The van der Waals surface area contributed by atoms with Crippen molar-refractivity contribution in [2.24, 2.45) is 0 Å². The number of hydrogen-bond acceptors (Lipinski definition) is 2. The van der Waals surface area contributed by atoms with Crippen LogP contribution < -0.4 is 5.32 Å². The van der Waals surface area contributed by atoms with E-state index in [1.54, 1.807) is 6.92 Å². The molecule has 1 fully saturated rings. The topological polar surface area (TPSA) is 49.4 Å². The minimum absolute atomic E-state index is 0.0338. The highest BCUT2D eigenvalue weighted by Gasteiger charge is 2.24. The van der Waals surface area contributed by atoms with E-state index in [4.69, 9.17) is 0 Å². The summed E-state index contributed by atoms with van der Waals surface area (Å²) >= 11 is 0. The zero-order valence-corrected chi connectivity index (χ0v) is 12.9. The van der Waals surface area contributed by atoms with E-state index < -0.39 is 0 Å². The summed E-state index contributed by atoms with van der Waals surface area (Å²) in [4.78, 5) is 25.7. The molecular weight excluding hydrogens is 264 g/mol. The number of carbonyl (C=O) groups excluding carboxylic acids is 2. The summed E-state index contributed by atoms with van der Waals surface area (Å²) in [5.41, 5.74) is 1.89. The second-order valence-electron chi connectivity index (χ2n) is 5.76. The van der Waals surface area contributed by atoms with E-state index in [1.807, 2.05) is 36.1 Å². The van der Waals surface area contributed by atoms with Gasteiger partial charge in [0, 0.05) is 31.6 Å². The Morgan fingerprint density at radius 1 is 1.24 bits per heavy atom. The maximum atomic E-state index is 12.1. The fourth-order valence-corrected chi connectivity index (χ4v) is 2.96. The number of nitrogens with zero attached hydrogens (tertiary/aromatic N) is 1. The molecule has 2 amide bonds. The van der Waals surface area contributed by atoms with Crippen LogP contribution in [0.15, 0.2) is 24.3 Å². The molecule has 0 heterocycles. The first-order valence-corrected chi connectivity index (χ1v) is 7.70. The smallest absolute Gasteiger partial charge is 0.226 e. The molecule has 0 radical (unpaired) electrons. The Morgan fingerprint density at radius 2 is 1.90 bits per heavy atom. The molecule has 0 unspecified atom stereocenters. The predicted molar refractivity (Wildman–Crippen MR) is 84.1 cm³/mol. The summed E-state index contributed by atoms with van der Waals surface area (Å²) in [7, 11) is 0. The molecule has 1 N–H and O–H groups in total. The average Bonchev–Trinajstić information content (AvgIpc) is 2.95. The molecule has 0 bridgehead atoms. The average molecular weight is 288 g/mol. The zero-order valence-electron chi connectivity index (χ0n) is 12.9.